The number of benzene rings is 1. The molecule has 1 aliphatic rings. The molecule has 1 aliphatic heterocycles. The van der Waals surface area contributed by atoms with Gasteiger partial charge < -0.3 is 15.2 Å². The second-order valence-electron chi connectivity index (χ2n) is 4.74. The number of hydrogen-bond donors (Lipinski definition) is 1. The maximum atomic E-state index is 6.30. The van der Waals surface area contributed by atoms with E-state index in [0.717, 1.165) is 51.3 Å². The topological polar surface area (TPSA) is 44.5 Å². The summed E-state index contributed by atoms with van der Waals surface area (Å²) < 4.78 is 11.0. The van der Waals surface area contributed by atoms with Gasteiger partial charge in [0.25, 0.3) is 0 Å². The summed E-state index contributed by atoms with van der Waals surface area (Å²) in [7, 11) is 0. The zero-order valence-corrected chi connectivity index (χ0v) is 10.2. The van der Waals surface area contributed by atoms with E-state index in [-0.39, 0.29) is 5.54 Å². The van der Waals surface area contributed by atoms with E-state index in [2.05, 4.69) is 0 Å². The van der Waals surface area contributed by atoms with Gasteiger partial charge in [0.1, 0.15) is 5.75 Å². The van der Waals surface area contributed by atoms with Crippen molar-refractivity contribution in [2.24, 2.45) is 5.73 Å². The Balaban J connectivity index is 1.66. The molecule has 2 rings (SSSR count). The highest BCUT2D eigenvalue weighted by atomic mass is 16.5. The summed E-state index contributed by atoms with van der Waals surface area (Å²) >= 11 is 0. The smallest absolute Gasteiger partial charge is 0.119 e. The molecule has 3 nitrogen and oxygen atoms in total. The average Bonchev–Trinajstić information content (AvgIpc) is 2.37. The largest absolute Gasteiger partial charge is 0.494 e. The second-order valence-corrected chi connectivity index (χ2v) is 4.74. The molecule has 1 aromatic carbocycles. The molecule has 1 aromatic rings. The maximum Gasteiger partial charge on any atom is 0.119 e. The fourth-order valence-electron chi connectivity index (χ4n) is 2.16. The standard InChI is InChI=1S/C14H21NO2/c15-14(8-11-16-12-9-14)7-4-10-17-13-5-2-1-3-6-13/h1-3,5-6H,4,7-12,15H2. The van der Waals surface area contributed by atoms with Crippen LogP contribution in [0.5, 0.6) is 5.75 Å². The van der Waals surface area contributed by atoms with E-state index in [4.69, 9.17) is 15.2 Å². The highest BCUT2D eigenvalue weighted by Crippen LogP contribution is 2.23. The van der Waals surface area contributed by atoms with Gasteiger partial charge in [-0.3, -0.25) is 0 Å². The zero-order chi connectivity index (χ0) is 12.0. The van der Waals surface area contributed by atoms with Crippen LogP contribution in [0, 0.1) is 0 Å². The van der Waals surface area contributed by atoms with Crippen LogP contribution in [0.25, 0.3) is 0 Å². The molecule has 1 heterocycles. The zero-order valence-electron chi connectivity index (χ0n) is 10.2. The summed E-state index contributed by atoms with van der Waals surface area (Å²) in [4.78, 5) is 0. The van der Waals surface area contributed by atoms with Crippen molar-refractivity contribution in [2.75, 3.05) is 19.8 Å². The summed E-state index contributed by atoms with van der Waals surface area (Å²) in [6, 6.07) is 9.92. The summed E-state index contributed by atoms with van der Waals surface area (Å²) in [6.45, 7) is 2.34. The third kappa shape index (κ3) is 4.02. The Labute approximate surface area is 103 Å². The number of rotatable bonds is 5. The molecule has 0 amide bonds. The van der Waals surface area contributed by atoms with Crippen molar-refractivity contribution in [3.05, 3.63) is 30.3 Å². The van der Waals surface area contributed by atoms with Gasteiger partial charge in [-0.1, -0.05) is 18.2 Å². The fraction of sp³-hybridized carbons (Fsp3) is 0.571. The maximum absolute atomic E-state index is 6.30. The van der Waals surface area contributed by atoms with Crippen LogP contribution in [0.2, 0.25) is 0 Å². The molecular formula is C14H21NO2. The minimum Gasteiger partial charge on any atom is -0.494 e. The Morgan fingerprint density at radius 2 is 1.88 bits per heavy atom. The van der Waals surface area contributed by atoms with E-state index < -0.39 is 0 Å². The molecule has 0 aliphatic carbocycles. The lowest BCUT2D eigenvalue weighted by Crippen LogP contribution is -2.45. The van der Waals surface area contributed by atoms with E-state index in [0.29, 0.717) is 0 Å². The molecule has 0 saturated carbocycles. The van der Waals surface area contributed by atoms with Crippen molar-refractivity contribution in [1.29, 1.82) is 0 Å². The van der Waals surface area contributed by atoms with Crippen LogP contribution in [-0.2, 0) is 4.74 Å². The summed E-state index contributed by atoms with van der Waals surface area (Å²) in [5.74, 6) is 0.936. The van der Waals surface area contributed by atoms with Gasteiger partial charge in [-0.15, -0.1) is 0 Å². The van der Waals surface area contributed by atoms with Gasteiger partial charge in [-0.2, -0.15) is 0 Å². The molecule has 2 N–H and O–H groups in total. The lowest BCUT2D eigenvalue weighted by molar-refractivity contribution is 0.0481. The molecule has 0 atom stereocenters. The quantitative estimate of drug-likeness (QED) is 0.797. The van der Waals surface area contributed by atoms with Crippen molar-refractivity contribution in [1.82, 2.24) is 0 Å². The van der Waals surface area contributed by atoms with Crippen LogP contribution in [0.3, 0.4) is 0 Å². The summed E-state index contributed by atoms with van der Waals surface area (Å²) in [5, 5.41) is 0. The molecule has 1 fully saturated rings. The number of ether oxygens (including phenoxy) is 2. The van der Waals surface area contributed by atoms with Gasteiger partial charge in [0.15, 0.2) is 0 Å². The van der Waals surface area contributed by atoms with Crippen LogP contribution in [0.4, 0.5) is 0 Å². The van der Waals surface area contributed by atoms with Gasteiger partial charge in [0.05, 0.1) is 6.61 Å². The van der Waals surface area contributed by atoms with Crippen molar-refractivity contribution in [3.8, 4) is 5.75 Å². The van der Waals surface area contributed by atoms with Crippen molar-refractivity contribution in [3.63, 3.8) is 0 Å². The van der Waals surface area contributed by atoms with Crippen LogP contribution < -0.4 is 10.5 Å². The molecule has 1 saturated heterocycles. The lowest BCUT2D eigenvalue weighted by Gasteiger charge is -2.33. The number of para-hydroxylation sites is 1. The third-order valence-electron chi connectivity index (χ3n) is 3.32. The molecule has 0 radical (unpaired) electrons. The average molecular weight is 235 g/mol. The lowest BCUT2D eigenvalue weighted by atomic mass is 9.87. The van der Waals surface area contributed by atoms with Gasteiger partial charge in [-0.05, 0) is 37.8 Å². The van der Waals surface area contributed by atoms with Gasteiger partial charge in [-0.25, -0.2) is 0 Å². The monoisotopic (exact) mass is 235 g/mol. The van der Waals surface area contributed by atoms with Crippen molar-refractivity contribution < 1.29 is 9.47 Å². The van der Waals surface area contributed by atoms with Crippen LogP contribution in [0.15, 0.2) is 30.3 Å². The fourth-order valence-corrected chi connectivity index (χ4v) is 2.16. The van der Waals surface area contributed by atoms with Gasteiger partial charge in [0, 0.05) is 18.8 Å². The summed E-state index contributed by atoms with van der Waals surface area (Å²) in [5.41, 5.74) is 6.27. The number of hydrogen-bond acceptors (Lipinski definition) is 3. The predicted octanol–water partition coefficient (Wildman–Crippen LogP) is 2.35. The van der Waals surface area contributed by atoms with E-state index >= 15 is 0 Å². The number of nitrogens with two attached hydrogens (primary N) is 1. The first kappa shape index (κ1) is 12.4. The Hall–Kier alpha value is -1.06. The summed E-state index contributed by atoms with van der Waals surface area (Å²) in [6.07, 6.45) is 3.96. The minimum atomic E-state index is -0.0295. The predicted molar refractivity (Wildman–Crippen MR) is 68.1 cm³/mol. The van der Waals surface area contributed by atoms with E-state index in [1.807, 2.05) is 30.3 Å². The molecule has 0 bridgehead atoms. The molecular weight excluding hydrogens is 214 g/mol. The Kier molecular flexibility index (Phi) is 4.40. The minimum absolute atomic E-state index is 0.0295. The Morgan fingerprint density at radius 1 is 1.18 bits per heavy atom. The first-order chi connectivity index (χ1) is 8.29. The SMILES string of the molecule is NC1(CCCOc2ccccc2)CCOCC1. The molecule has 0 aromatic heterocycles. The third-order valence-corrected chi connectivity index (χ3v) is 3.32. The first-order valence-corrected chi connectivity index (χ1v) is 6.33. The van der Waals surface area contributed by atoms with E-state index in [1.54, 1.807) is 0 Å². The van der Waals surface area contributed by atoms with Crippen molar-refractivity contribution >= 4 is 0 Å². The van der Waals surface area contributed by atoms with E-state index in [9.17, 15) is 0 Å². The molecule has 17 heavy (non-hydrogen) atoms. The molecule has 0 spiro atoms. The van der Waals surface area contributed by atoms with Crippen molar-refractivity contribution in [2.45, 2.75) is 31.2 Å². The van der Waals surface area contributed by atoms with Crippen LogP contribution >= 0.6 is 0 Å². The normalized spacial score (nSPS) is 18.9. The highest BCUT2D eigenvalue weighted by molar-refractivity contribution is 5.20. The second kappa shape index (κ2) is 6.03. The first-order valence-electron chi connectivity index (χ1n) is 6.33. The Bertz CT molecular complexity index is 320. The highest BCUT2D eigenvalue weighted by Gasteiger charge is 2.27. The van der Waals surface area contributed by atoms with Crippen LogP contribution in [-0.4, -0.2) is 25.4 Å². The molecule has 0 unspecified atom stereocenters. The molecule has 3 heteroatoms. The van der Waals surface area contributed by atoms with Crippen LogP contribution in [0.1, 0.15) is 25.7 Å². The molecule has 94 valence electrons. The van der Waals surface area contributed by atoms with Gasteiger partial charge in [0.2, 0.25) is 0 Å². The van der Waals surface area contributed by atoms with Gasteiger partial charge >= 0.3 is 0 Å². The van der Waals surface area contributed by atoms with E-state index in [1.165, 1.54) is 0 Å². The Morgan fingerprint density at radius 3 is 2.59 bits per heavy atom.